The third-order valence-electron chi connectivity index (χ3n) is 3.28. The van der Waals surface area contributed by atoms with Crippen LogP contribution in [0.5, 0.6) is 0 Å². The standard InChI is InChI=1S/C14H17NO2/c1-8-5-9(2)13-11(6-8)12(7-15(13)4)10(3)14(16)17/h5-7,10H,1-4H3,(H,16,17). The number of aliphatic carboxylic acids is 1. The van der Waals surface area contributed by atoms with Crippen LogP contribution in [-0.4, -0.2) is 15.6 Å². The second kappa shape index (κ2) is 3.91. The van der Waals surface area contributed by atoms with Crippen molar-refractivity contribution in [3.63, 3.8) is 0 Å². The molecule has 2 aromatic rings. The highest BCUT2D eigenvalue weighted by atomic mass is 16.4. The van der Waals surface area contributed by atoms with Crippen LogP contribution < -0.4 is 0 Å². The lowest BCUT2D eigenvalue weighted by molar-refractivity contribution is -0.138. The molecule has 0 aliphatic heterocycles. The zero-order chi connectivity index (χ0) is 12.7. The first-order valence-corrected chi connectivity index (χ1v) is 5.70. The molecule has 0 aliphatic carbocycles. The summed E-state index contributed by atoms with van der Waals surface area (Å²) in [6.45, 7) is 5.83. The highest BCUT2D eigenvalue weighted by Gasteiger charge is 2.19. The molecule has 2 rings (SSSR count). The fourth-order valence-electron chi connectivity index (χ4n) is 2.47. The fourth-order valence-corrected chi connectivity index (χ4v) is 2.47. The summed E-state index contributed by atoms with van der Waals surface area (Å²) >= 11 is 0. The molecular weight excluding hydrogens is 214 g/mol. The van der Waals surface area contributed by atoms with E-state index in [2.05, 4.69) is 19.1 Å². The van der Waals surface area contributed by atoms with Crippen molar-refractivity contribution in [1.29, 1.82) is 0 Å². The lowest BCUT2D eigenvalue weighted by Gasteiger charge is -2.06. The van der Waals surface area contributed by atoms with Gasteiger partial charge < -0.3 is 9.67 Å². The largest absolute Gasteiger partial charge is 0.481 e. The topological polar surface area (TPSA) is 42.2 Å². The van der Waals surface area contributed by atoms with Gasteiger partial charge in [0.25, 0.3) is 0 Å². The molecular formula is C14H17NO2. The number of benzene rings is 1. The fraction of sp³-hybridized carbons (Fsp3) is 0.357. The Morgan fingerprint density at radius 2 is 2.00 bits per heavy atom. The highest BCUT2D eigenvalue weighted by Crippen LogP contribution is 2.30. The number of hydrogen-bond acceptors (Lipinski definition) is 1. The van der Waals surface area contributed by atoms with E-state index in [0.717, 1.165) is 16.5 Å². The van der Waals surface area contributed by atoms with Crippen LogP contribution in [0.4, 0.5) is 0 Å². The number of aryl methyl sites for hydroxylation is 3. The van der Waals surface area contributed by atoms with E-state index < -0.39 is 11.9 Å². The van der Waals surface area contributed by atoms with Crippen molar-refractivity contribution >= 4 is 16.9 Å². The first-order valence-electron chi connectivity index (χ1n) is 5.70. The van der Waals surface area contributed by atoms with E-state index in [9.17, 15) is 4.79 Å². The average Bonchev–Trinajstić information content (AvgIpc) is 2.54. The van der Waals surface area contributed by atoms with Crippen LogP contribution in [0.15, 0.2) is 18.3 Å². The summed E-state index contributed by atoms with van der Waals surface area (Å²) in [7, 11) is 1.96. The van der Waals surface area contributed by atoms with E-state index in [-0.39, 0.29) is 0 Å². The van der Waals surface area contributed by atoms with Crippen LogP contribution in [0.2, 0.25) is 0 Å². The van der Waals surface area contributed by atoms with Crippen LogP contribution in [0.3, 0.4) is 0 Å². The van der Waals surface area contributed by atoms with Gasteiger partial charge in [0, 0.05) is 18.6 Å². The van der Waals surface area contributed by atoms with E-state index >= 15 is 0 Å². The Balaban J connectivity index is 2.78. The maximum atomic E-state index is 11.1. The molecule has 1 heterocycles. The predicted octanol–water partition coefficient (Wildman–Crippen LogP) is 2.98. The number of fused-ring (bicyclic) bond motifs is 1. The molecule has 0 aliphatic rings. The maximum Gasteiger partial charge on any atom is 0.310 e. The van der Waals surface area contributed by atoms with Gasteiger partial charge in [-0.2, -0.15) is 0 Å². The molecule has 0 spiro atoms. The normalized spacial score (nSPS) is 12.9. The minimum Gasteiger partial charge on any atom is -0.481 e. The summed E-state index contributed by atoms with van der Waals surface area (Å²) in [5.41, 5.74) is 4.37. The summed E-state index contributed by atoms with van der Waals surface area (Å²) in [4.78, 5) is 11.1. The number of carboxylic acids is 1. The molecule has 3 heteroatoms. The molecule has 90 valence electrons. The first-order chi connectivity index (χ1) is 7.91. The Kier molecular flexibility index (Phi) is 2.69. The molecule has 0 bridgehead atoms. The zero-order valence-electron chi connectivity index (χ0n) is 10.6. The molecule has 1 aromatic carbocycles. The van der Waals surface area contributed by atoms with E-state index in [0.29, 0.717) is 0 Å². The molecule has 1 atom stereocenters. The van der Waals surface area contributed by atoms with Gasteiger partial charge in [-0.15, -0.1) is 0 Å². The Bertz CT molecular complexity index is 596. The molecule has 0 fully saturated rings. The average molecular weight is 231 g/mol. The SMILES string of the molecule is Cc1cc(C)c2c(c1)c(C(C)C(=O)O)cn2C. The third kappa shape index (κ3) is 1.82. The van der Waals surface area contributed by atoms with Gasteiger partial charge in [-0.05, 0) is 38.0 Å². The van der Waals surface area contributed by atoms with Crippen molar-refractivity contribution in [3.8, 4) is 0 Å². The van der Waals surface area contributed by atoms with Gasteiger partial charge >= 0.3 is 5.97 Å². The monoisotopic (exact) mass is 231 g/mol. The molecule has 0 radical (unpaired) electrons. The van der Waals surface area contributed by atoms with Gasteiger partial charge in [0.1, 0.15) is 0 Å². The zero-order valence-corrected chi connectivity index (χ0v) is 10.6. The van der Waals surface area contributed by atoms with Gasteiger partial charge in [0.2, 0.25) is 0 Å². The molecule has 0 amide bonds. The Labute approximate surface area is 101 Å². The van der Waals surface area contributed by atoms with Crippen molar-refractivity contribution in [1.82, 2.24) is 4.57 Å². The van der Waals surface area contributed by atoms with Crippen LogP contribution >= 0.6 is 0 Å². The van der Waals surface area contributed by atoms with Crippen LogP contribution in [-0.2, 0) is 11.8 Å². The minimum atomic E-state index is -0.781. The van der Waals surface area contributed by atoms with Crippen LogP contribution in [0, 0.1) is 13.8 Å². The maximum absolute atomic E-state index is 11.1. The number of rotatable bonds is 2. The second-order valence-electron chi connectivity index (χ2n) is 4.73. The van der Waals surface area contributed by atoms with Gasteiger partial charge in [-0.3, -0.25) is 4.79 Å². The highest BCUT2D eigenvalue weighted by molar-refractivity contribution is 5.91. The minimum absolute atomic E-state index is 0.472. The van der Waals surface area contributed by atoms with Crippen LogP contribution in [0.25, 0.3) is 10.9 Å². The molecule has 3 nitrogen and oxygen atoms in total. The first kappa shape index (κ1) is 11.7. The van der Waals surface area contributed by atoms with E-state index in [1.165, 1.54) is 11.1 Å². The number of aromatic nitrogens is 1. The van der Waals surface area contributed by atoms with Crippen LogP contribution in [0.1, 0.15) is 29.5 Å². The van der Waals surface area contributed by atoms with Crippen molar-refractivity contribution in [3.05, 3.63) is 35.0 Å². The molecule has 17 heavy (non-hydrogen) atoms. The summed E-state index contributed by atoms with van der Waals surface area (Å²) in [5.74, 6) is -1.25. The van der Waals surface area contributed by atoms with E-state index in [1.54, 1.807) is 6.92 Å². The Morgan fingerprint density at radius 3 is 2.59 bits per heavy atom. The quantitative estimate of drug-likeness (QED) is 0.863. The molecule has 0 saturated carbocycles. The lowest BCUT2D eigenvalue weighted by Crippen LogP contribution is -2.06. The molecule has 1 N–H and O–H groups in total. The molecule has 1 unspecified atom stereocenters. The number of carboxylic acid groups (broad SMARTS) is 1. The second-order valence-corrected chi connectivity index (χ2v) is 4.73. The van der Waals surface area contributed by atoms with E-state index in [4.69, 9.17) is 5.11 Å². The van der Waals surface area contributed by atoms with E-state index in [1.807, 2.05) is 24.7 Å². The van der Waals surface area contributed by atoms with Crippen molar-refractivity contribution < 1.29 is 9.90 Å². The molecule has 1 aromatic heterocycles. The smallest absolute Gasteiger partial charge is 0.310 e. The number of nitrogens with zero attached hydrogens (tertiary/aromatic N) is 1. The molecule has 0 saturated heterocycles. The van der Waals surface area contributed by atoms with Gasteiger partial charge in [-0.25, -0.2) is 0 Å². The van der Waals surface area contributed by atoms with Gasteiger partial charge in [-0.1, -0.05) is 11.6 Å². The van der Waals surface area contributed by atoms with Gasteiger partial charge in [0.15, 0.2) is 0 Å². The summed E-state index contributed by atoms with van der Waals surface area (Å²) in [5, 5.41) is 10.2. The summed E-state index contributed by atoms with van der Waals surface area (Å²) in [6, 6.07) is 4.19. The summed E-state index contributed by atoms with van der Waals surface area (Å²) in [6.07, 6.45) is 1.93. The number of carbonyl (C=O) groups is 1. The Hall–Kier alpha value is -1.77. The van der Waals surface area contributed by atoms with Crippen molar-refractivity contribution in [2.24, 2.45) is 7.05 Å². The van der Waals surface area contributed by atoms with Crippen molar-refractivity contribution in [2.45, 2.75) is 26.7 Å². The van der Waals surface area contributed by atoms with Gasteiger partial charge in [0.05, 0.1) is 11.4 Å². The third-order valence-corrected chi connectivity index (χ3v) is 3.28. The predicted molar refractivity (Wildman–Crippen MR) is 68.4 cm³/mol. The number of hydrogen-bond donors (Lipinski definition) is 1. The van der Waals surface area contributed by atoms with Crippen molar-refractivity contribution in [2.75, 3.05) is 0 Å². The lowest BCUT2D eigenvalue weighted by atomic mass is 9.98. The summed E-state index contributed by atoms with van der Waals surface area (Å²) < 4.78 is 2.01. The Morgan fingerprint density at radius 1 is 1.35 bits per heavy atom.